The van der Waals surface area contributed by atoms with E-state index in [9.17, 15) is 0 Å². The molecule has 0 bridgehead atoms. The number of ether oxygens (including phenoxy) is 2. The number of hydrogen-bond donors (Lipinski definition) is 0. The van der Waals surface area contributed by atoms with Crippen molar-refractivity contribution in [3.8, 4) is 28.6 Å². The van der Waals surface area contributed by atoms with Gasteiger partial charge in [-0.3, -0.25) is 0 Å². The molecule has 1 aromatic carbocycles. The minimum Gasteiger partial charge on any atom is -0.497 e. The molecule has 0 aliphatic carbocycles. The number of methoxy groups -OCH3 is 1. The Morgan fingerprint density at radius 2 is 1.90 bits per heavy atom. The fourth-order valence-electron chi connectivity index (χ4n) is 1.77. The lowest BCUT2D eigenvalue weighted by Crippen LogP contribution is -1.93. The van der Waals surface area contributed by atoms with E-state index in [0.717, 1.165) is 17.0 Å². The summed E-state index contributed by atoms with van der Waals surface area (Å²) in [4.78, 5) is 8.61. The van der Waals surface area contributed by atoms with Crippen molar-refractivity contribution in [1.29, 1.82) is 0 Å². The summed E-state index contributed by atoms with van der Waals surface area (Å²) in [5.41, 5.74) is 1.73. The average molecular weight is 284 g/mol. The Labute approximate surface area is 120 Å². The summed E-state index contributed by atoms with van der Waals surface area (Å²) in [6.07, 6.45) is 3.27. The predicted octanol–water partition coefficient (Wildman–Crippen LogP) is 4.01. The zero-order valence-electron chi connectivity index (χ0n) is 10.8. The van der Waals surface area contributed by atoms with Crippen molar-refractivity contribution in [2.45, 2.75) is 0 Å². The Morgan fingerprint density at radius 1 is 1.05 bits per heavy atom. The van der Waals surface area contributed by atoms with Crippen molar-refractivity contribution < 1.29 is 9.47 Å². The molecule has 0 amide bonds. The van der Waals surface area contributed by atoms with E-state index in [-0.39, 0.29) is 0 Å². The average Bonchev–Trinajstić information content (AvgIpc) is 3.02. The van der Waals surface area contributed by atoms with Gasteiger partial charge in [-0.2, -0.15) is 11.3 Å². The minimum absolute atomic E-state index is 0.485. The molecule has 0 radical (unpaired) electrons. The third-order valence-corrected chi connectivity index (χ3v) is 3.40. The van der Waals surface area contributed by atoms with Gasteiger partial charge in [-0.05, 0) is 23.6 Å². The van der Waals surface area contributed by atoms with Gasteiger partial charge in [-0.25, -0.2) is 9.97 Å². The molecule has 0 saturated heterocycles. The summed E-state index contributed by atoms with van der Waals surface area (Å²) in [6, 6.07) is 9.39. The maximum Gasteiger partial charge on any atom is 0.246 e. The van der Waals surface area contributed by atoms with Gasteiger partial charge in [0.2, 0.25) is 5.88 Å². The van der Waals surface area contributed by atoms with E-state index in [4.69, 9.17) is 9.47 Å². The molecule has 0 aliphatic heterocycles. The number of hydrogen-bond acceptors (Lipinski definition) is 5. The van der Waals surface area contributed by atoms with Crippen molar-refractivity contribution in [3.63, 3.8) is 0 Å². The first-order chi connectivity index (χ1) is 9.86. The minimum atomic E-state index is 0.485. The van der Waals surface area contributed by atoms with E-state index >= 15 is 0 Å². The van der Waals surface area contributed by atoms with Crippen LogP contribution < -0.4 is 9.47 Å². The molecular formula is C15H12N2O2S. The maximum absolute atomic E-state index is 5.83. The fraction of sp³-hybridized carbons (Fsp3) is 0.0667. The largest absolute Gasteiger partial charge is 0.497 e. The molecule has 3 aromatic rings. The van der Waals surface area contributed by atoms with Gasteiger partial charge in [-0.15, -0.1) is 0 Å². The number of nitrogens with zero attached hydrogens (tertiary/aromatic N) is 2. The Bertz CT molecular complexity index is 699. The fourth-order valence-corrected chi connectivity index (χ4v) is 2.41. The van der Waals surface area contributed by atoms with Gasteiger partial charge in [0.25, 0.3) is 0 Å². The van der Waals surface area contributed by atoms with Gasteiger partial charge in [0.05, 0.1) is 7.11 Å². The topological polar surface area (TPSA) is 44.2 Å². The zero-order valence-corrected chi connectivity index (χ0v) is 11.6. The summed E-state index contributed by atoms with van der Waals surface area (Å²) in [5.74, 6) is 1.89. The second kappa shape index (κ2) is 5.71. The Hall–Kier alpha value is -2.40. The van der Waals surface area contributed by atoms with Crippen LogP contribution in [0.1, 0.15) is 0 Å². The molecule has 20 heavy (non-hydrogen) atoms. The molecule has 0 N–H and O–H groups in total. The predicted molar refractivity (Wildman–Crippen MR) is 78.4 cm³/mol. The number of benzene rings is 1. The van der Waals surface area contributed by atoms with Crippen LogP contribution in [0.25, 0.3) is 11.3 Å². The summed E-state index contributed by atoms with van der Waals surface area (Å²) in [6.45, 7) is 0. The van der Waals surface area contributed by atoms with Crippen LogP contribution in [-0.2, 0) is 0 Å². The van der Waals surface area contributed by atoms with Gasteiger partial charge in [0.1, 0.15) is 17.2 Å². The lowest BCUT2D eigenvalue weighted by molar-refractivity contribution is 0.407. The standard InChI is InChI=1S/C15H12N2O2S/c1-18-12-3-2-4-13(9-12)19-15-14(16-6-7-17-15)11-5-8-20-10-11/h2-10H,1H3. The number of thiophene rings is 1. The van der Waals surface area contributed by atoms with Gasteiger partial charge >= 0.3 is 0 Å². The Morgan fingerprint density at radius 3 is 2.70 bits per heavy atom. The second-order valence-electron chi connectivity index (χ2n) is 4.00. The highest BCUT2D eigenvalue weighted by atomic mass is 32.1. The zero-order chi connectivity index (χ0) is 13.8. The molecule has 5 heteroatoms. The van der Waals surface area contributed by atoms with Crippen LogP contribution in [0.5, 0.6) is 17.4 Å². The molecule has 4 nitrogen and oxygen atoms in total. The molecule has 3 rings (SSSR count). The lowest BCUT2D eigenvalue weighted by Gasteiger charge is -2.09. The molecule has 100 valence electrons. The molecule has 2 heterocycles. The first-order valence-corrected chi connectivity index (χ1v) is 6.96. The van der Waals surface area contributed by atoms with Crippen molar-refractivity contribution in [2.24, 2.45) is 0 Å². The summed E-state index contributed by atoms with van der Waals surface area (Å²) < 4.78 is 11.0. The van der Waals surface area contributed by atoms with Crippen molar-refractivity contribution in [1.82, 2.24) is 9.97 Å². The highest BCUT2D eigenvalue weighted by molar-refractivity contribution is 7.08. The van der Waals surface area contributed by atoms with Crippen LogP contribution >= 0.6 is 11.3 Å². The molecular weight excluding hydrogens is 272 g/mol. The van der Waals surface area contributed by atoms with E-state index in [1.807, 2.05) is 41.1 Å². The number of rotatable bonds is 4. The van der Waals surface area contributed by atoms with E-state index in [2.05, 4.69) is 9.97 Å². The second-order valence-corrected chi connectivity index (χ2v) is 4.78. The molecule has 0 fully saturated rings. The van der Waals surface area contributed by atoms with E-state index in [1.165, 1.54) is 0 Å². The first-order valence-electron chi connectivity index (χ1n) is 6.02. The monoisotopic (exact) mass is 284 g/mol. The summed E-state index contributed by atoms with van der Waals surface area (Å²) >= 11 is 1.61. The van der Waals surface area contributed by atoms with E-state index in [1.54, 1.807) is 30.8 Å². The van der Waals surface area contributed by atoms with Crippen molar-refractivity contribution in [3.05, 3.63) is 53.5 Å². The number of aromatic nitrogens is 2. The van der Waals surface area contributed by atoms with E-state index < -0.39 is 0 Å². The SMILES string of the molecule is COc1cccc(Oc2nccnc2-c2ccsc2)c1. The van der Waals surface area contributed by atoms with Crippen molar-refractivity contribution in [2.75, 3.05) is 7.11 Å². The van der Waals surface area contributed by atoms with E-state index in [0.29, 0.717) is 11.6 Å². The smallest absolute Gasteiger partial charge is 0.246 e. The lowest BCUT2D eigenvalue weighted by atomic mass is 10.2. The van der Waals surface area contributed by atoms with Crippen LogP contribution in [0, 0.1) is 0 Å². The Kier molecular flexibility index (Phi) is 3.60. The molecule has 0 saturated carbocycles. The third-order valence-electron chi connectivity index (χ3n) is 2.72. The van der Waals surface area contributed by atoms with Crippen LogP contribution in [0.15, 0.2) is 53.5 Å². The molecule has 0 spiro atoms. The molecule has 2 aromatic heterocycles. The quantitative estimate of drug-likeness (QED) is 0.726. The Balaban J connectivity index is 1.95. The van der Waals surface area contributed by atoms with Gasteiger partial charge < -0.3 is 9.47 Å². The van der Waals surface area contributed by atoms with Gasteiger partial charge in [-0.1, -0.05) is 6.07 Å². The first kappa shape index (κ1) is 12.6. The van der Waals surface area contributed by atoms with Crippen LogP contribution in [0.2, 0.25) is 0 Å². The van der Waals surface area contributed by atoms with Crippen molar-refractivity contribution >= 4 is 11.3 Å². The van der Waals surface area contributed by atoms with Gasteiger partial charge in [0.15, 0.2) is 0 Å². The van der Waals surface area contributed by atoms with Crippen LogP contribution in [0.3, 0.4) is 0 Å². The third kappa shape index (κ3) is 2.62. The molecule has 0 unspecified atom stereocenters. The van der Waals surface area contributed by atoms with Crippen LogP contribution in [0.4, 0.5) is 0 Å². The highest BCUT2D eigenvalue weighted by Crippen LogP contribution is 2.31. The highest BCUT2D eigenvalue weighted by Gasteiger charge is 2.10. The molecule has 0 aliphatic rings. The summed E-state index contributed by atoms with van der Waals surface area (Å²) in [7, 11) is 1.62. The van der Waals surface area contributed by atoms with Gasteiger partial charge in [0, 0.05) is 29.4 Å². The summed E-state index contributed by atoms with van der Waals surface area (Å²) in [5, 5.41) is 4.02. The normalized spacial score (nSPS) is 10.2. The molecule has 0 atom stereocenters. The van der Waals surface area contributed by atoms with Crippen LogP contribution in [-0.4, -0.2) is 17.1 Å². The maximum atomic E-state index is 5.83.